The van der Waals surface area contributed by atoms with E-state index in [0.29, 0.717) is 0 Å². The summed E-state index contributed by atoms with van der Waals surface area (Å²) in [6.07, 6.45) is 4.21. The molecule has 0 amide bonds. The molecule has 0 aliphatic rings. The molecule has 0 aliphatic carbocycles. The molecule has 19 heavy (non-hydrogen) atoms. The van der Waals surface area contributed by atoms with Gasteiger partial charge in [-0.05, 0) is 24.6 Å². The lowest BCUT2D eigenvalue weighted by Gasteiger charge is -2.25. The minimum absolute atomic E-state index is 0.898. The molecule has 1 aromatic heterocycles. The molecular weight excluding hydrogens is 234 g/mol. The van der Waals surface area contributed by atoms with Gasteiger partial charge in [-0.3, -0.25) is 0 Å². The Bertz CT molecular complexity index is 496. The average molecular weight is 255 g/mol. The number of anilines is 3. The van der Waals surface area contributed by atoms with Crippen LogP contribution >= 0.6 is 0 Å². The van der Waals surface area contributed by atoms with Crippen LogP contribution in [0.5, 0.6) is 0 Å². The predicted molar refractivity (Wildman–Crippen MR) is 82.1 cm³/mol. The van der Waals surface area contributed by atoms with Crippen molar-refractivity contribution in [3.8, 4) is 0 Å². The van der Waals surface area contributed by atoms with Crippen LogP contribution in [0.1, 0.15) is 19.8 Å². The summed E-state index contributed by atoms with van der Waals surface area (Å²) in [7, 11) is 1.89. The molecule has 3 heteroatoms. The molecule has 0 atom stereocenters. The maximum atomic E-state index is 4.28. The summed E-state index contributed by atoms with van der Waals surface area (Å²) in [5.74, 6) is 0.898. The molecule has 0 saturated carbocycles. The number of aromatic nitrogens is 1. The molecule has 2 aromatic rings. The first-order valence-electron chi connectivity index (χ1n) is 6.81. The zero-order valence-electron chi connectivity index (χ0n) is 11.6. The Morgan fingerprint density at radius 2 is 1.89 bits per heavy atom. The Labute approximate surface area is 115 Å². The lowest BCUT2D eigenvalue weighted by Crippen LogP contribution is -2.18. The van der Waals surface area contributed by atoms with Crippen molar-refractivity contribution in [2.24, 2.45) is 0 Å². The molecule has 0 bridgehead atoms. The normalized spacial score (nSPS) is 10.2. The third-order valence-corrected chi connectivity index (χ3v) is 3.11. The zero-order chi connectivity index (χ0) is 13.5. The molecule has 1 N–H and O–H groups in total. The Balaban J connectivity index is 2.31. The molecule has 0 spiro atoms. The van der Waals surface area contributed by atoms with E-state index in [1.54, 1.807) is 0 Å². The maximum absolute atomic E-state index is 4.28. The van der Waals surface area contributed by atoms with Crippen LogP contribution in [0.25, 0.3) is 0 Å². The Hall–Kier alpha value is -2.03. The molecule has 0 aliphatic heterocycles. The molecule has 100 valence electrons. The fourth-order valence-corrected chi connectivity index (χ4v) is 2.06. The Morgan fingerprint density at radius 1 is 1.11 bits per heavy atom. The van der Waals surface area contributed by atoms with Crippen molar-refractivity contribution in [2.75, 3.05) is 23.8 Å². The molecule has 1 aromatic carbocycles. The van der Waals surface area contributed by atoms with E-state index in [4.69, 9.17) is 0 Å². The SMILES string of the molecule is CCCCN(c1ccccc1)c1ccnc(NC)c1. The monoisotopic (exact) mass is 255 g/mol. The second-order valence-corrected chi connectivity index (χ2v) is 4.49. The number of pyridine rings is 1. The minimum Gasteiger partial charge on any atom is -0.373 e. The molecule has 0 saturated heterocycles. The van der Waals surface area contributed by atoms with Gasteiger partial charge < -0.3 is 10.2 Å². The Kier molecular flexibility index (Phi) is 4.78. The first kappa shape index (κ1) is 13.4. The highest BCUT2D eigenvalue weighted by Gasteiger charge is 2.09. The van der Waals surface area contributed by atoms with Crippen molar-refractivity contribution in [1.29, 1.82) is 0 Å². The maximum Gasteiger partial charge on any atom is 0.127 e. The van der Waals surface area contributed by atoms with Crippen LogP contribution in [-0.4, -0.2) is 18.6 Å². The number of benzene rings is 1. The number of nitrogens with one attached hydrogen (secondary N) is 1. The molecular formula is C16H21N3. The van der Waals surface area contributed by atoms with Gasteiger partial charge in [0.05, 0.1) is 0 Å². The summed E-state index contributed by atoms with van der Waals surface area (Å²) in [5, 5.41) is 3.09. The zero-order valence-corrected chi connectivity index (χ0v) is 11.6. The van der Waals surface area contributed by atoms with E-state index >= 15 is 0 Å². The van der Waals surface area contributed by atoms with E-state index < -0.39 is 0 Å². The van der Waals surface area contributed by atoms with Crippen molar-refractivity contribution in [3.63, 3.8) is 0 Å². The highest BCUT2D eigenvalue weighted by atomic mass is 15.1. The van der Waals surface area contributed by atoms with Crippen LogP contribution in [0.2, 0.25) is 0 Å². The van der Waals surface area contributed by atoms with Crippen LogP contribution in [0.3, 0.4) is 0 Å². The number of nitrogens with zero attached hydrogens (tertiary/aromatic N) is 2. The predicted octanol–water partition coefficient (Wildman–Crippen LogP) is 4.06. The largest absolute Gasteiger partial charge is 0.373 e. The first-order valence-corrected chi connectivity index (χ1v) is 6.81. The van der Waals surface area contributed by atoms with Gasteiger partial charge in [0.25, 0.3) is 0 Å². The van der Waals surface area contributed by atoms with Crippen LogP contribution < -0.4 is 10.2 Å². The summed E-state index contributed by atoms with van der Waals surface area (Å²) in [4.78, 5) is 6.62. The first-order chi connectivity index (χ1) is 9.35. The number of hydrogen-bond acceptors (Lipinski definition) is 3. The lowest BCUT2D eigenvalue weighted by molar-refractivity contribution is 0.785. The van der Waals surface area contributed by atoms with Crippen LogP contribution in [0, 0.1) is 0 Å². The van der Waals surface area contributed by atoms with Crippen molar-refractivity contribution >= 4 is 17.2 Å². The van der Waals surface area contributed by atoms with Gasteiger partial charge in [0, 0.05) is 37.2 Å². The quantitative estimate of drug-likeness (QED) is 0.843. The number of hydrogen-bond donors (Lipinski definition) is 1. The minimum atomic E-state index is 0.898. The topological polar surface area (TPSA) is 28.2 Å². The van der Waals surface area contributed by atoms with Crippen LogP contribution in [0.4, 0.5) is 17.2 Å². The van der Waals surface area contributed by atoms with Gasteiger partial charge in [-0.1, -0.05) is 31.5 Å². The highest BCUT2D eigenvalue weighted by molar-refractivity contribution is 5.65. The summed E-state index contributed by atoms with van der Waals surface area (Å²) in [6.45, 7) is 3.24. The number of unbranched alkanes of at least 4 members (excludes halogenated alkanes) is 1. The van der Waals surface area contributed by atoms with Crippen molar-refractivity contribution in [1.82, 2.24) is 4.98 Å². The smallest absolute Gasteiger partial charge is 0.127 e. The second kappa shape index (κ2) is 6.78. The summed E-state index contributed by atoms with van der Waals surface area (Å²) < 4.78 is 0. The van der Waals surface area contributed by atoms with E-state index in [-0.39, 0.29) is 0 Å². The van der Waals surface area contributed by atoms with Crippen LogP contribution in [0.15, 0.2) is 48.7 Å². The van der Waals surface area contributed by atoms with E-state index in [9.17, 15) is 0 Å². The van der Waals surface area contributed by atoms with Gasteiger partial charge >= 0.3 is 0 Å². The molecule has 0 fully saturated rings. The summed E-state index contributed by atoms with van der Waals surface area (Å²) in [5.41, 5.74) is 2.41. The van der Waals surface area contributed by atoms with Crippen LogP contribution in [-0.2, 0) is 0 Å². The van der Waals surface area contributed by atoms with E-state index in [0.717, 1.165) is 12.4 Å². The van der Waals surface area contributed by atoms with Crippen molar-refractivity contribution < 1.29 is 0 Å². The summed E-state index contributed by atoms with van der Waals surface area (Å²) >= 11 is 0. The van der Waals surface area contributed by atoms with Gasteiger partial charge in [-0.2, -0.15) is 0 Å². The van der Waals surface area contributed by atoms with E-state index in [1.165, 1.54) is 24.2 Å². The summed E-state index contributed by atoms with van der Waals surface area (Å²) in [6, 6.07) is 14.6. The fourth-order valence-electron chi connectivity index (χ4n) is 2.06. The van der Waals surface area contributed by atoms with Gasteiger partial charge in [0.2, 0.25) is 0 Å². The lowest BCUT2D eigenvalue weighted by atomic mass is 10.2. The van der Waals surface area contributed by atoms with Gasteiger partial charge in [0.1, 0.15) is 5.82 Å². The van der Waals surface area contributed by atoms with Gasteiger partial charge in [0.15, 0.2) is 0 Å². The molecule has 2 rings (SSSR count). The van der Waals surface area contributed by atoms with Crippen molar-refractivity contribution in [2.45, 2.75) is 19.8 Å². The number of para-hydroxylation sites is 1. The standard InChI is InChI=1S/C16H21N3/c1-3-4-12-19(14-8-6-5-7-9-14)15-10-11-18-16(13-15)17-2/h5-11,13H,3-4,12H2,1-2H3,(H,17,18). The molecule has 1 heterocycles. The van der Waals surface area contributed by atoms with E-state index in [1.807, 2.05) is 19.3 Å². The van der Waals surface area contributed by atoms with Gasteiger partial charge in [-0.15, -0.1) is 0 Å². The van der Waals surface area contributed by atoms with E-state index in [2.05, 4.69) is 58.5 Å². The molecule has 3 nitrogen and oxygen atoms in total. The third kappa shape index (κ3) is 3.47. The highest BCUT2D eigenvalue weighted by Crippen LogP contribution is 2.26. The third-order valence-electron chi connectivity index (χ3n) is 3.11. The Morgan fingerprint density at radius 3 is 2.58 bits per heavy atom. The number of rotatable bonds is 6. The second-order valence-electron chi connectivity index (χ2n) is 4.49. The molecule has 0 radical (unpaired) electrons. The molecule has 0 unspecified atom stereocenters. The van der Waals surface area contributed by atoms with Crippen molar-refractivity contribution in [3.05, 3.63) is 48.7 Å². The average Bonchev–Trinajstić information content (AvgIpc) is 2.49. The fraction of sp³-hybridized carbons (Fsp3) is 0.312. The van der Waals surface area contributed by atoms with Gasteiger partial charge in [-0.25, -0.2) is 4.98 Å².